The van der Waals surface area contributed by atoms with Gasteiger partial charge < -0.3 is 28.7 Å². The molecule has 0 bridgehead atoms. The van der Waals surface area contributed by atoms with Gasteiger partial charge in [-0.1, -0.05) is 63.9 Å². The van der Waals surface area contributed by atoms with E-state index in [1.165, 1.54) is 36.0 Å². The predicted molar refractivity (Wildman–Crippen MR) is 177 cm³/mol. The Morgan fingerprint density at radius 1 is 1.00 bits per heavy atom. The van der Waals surface area contributed by atoms with Gasteiger partial charge in [0.25, 0.3) is 0 Å². The number of rotatable bonds is 10. The predicted octanol–water partition coefficient (Wildman–Crippen LogP) is 6.59. The molecule has 3 aliphatic rings. The number of ether oxygens (including phenoxy) is 4. The van der Waals surface area contributed by atoms with Crippen LogP contribution in [0, 0.1) is 17.3 Å². The van der Waals surface area contributed by atoms with Gasteiger partial charge in [0.1, 0.15) is 29.0 Å². The van der Waals surface area contributed by atoms with Gasteiger partial charge in [0.2, 0.25) is 0 Å². The van der Waals surface area contributed by atoms with E-state index in [9.17, 15) is 5.11 Å². The molecule has 1 aromatic rings. The van der Waals surface area contributed by atoms with Crippen molar-refractivity contribution in [1.29, 1.82) is 0 Å². The van der Waals surface area contributed by atoms with E-state index in [0.717, 1.165) is 18.6 Å². The van der Waals surface area contributed by atoms with Crippen molar-refractivity contribution in [2.45, 2.75) is 103 Å². The Morgan fingerprint density at radius 3 is 2.22 bits per heavy atom. The summed E-state index contributed by atoms with van der Waals surface area (Å²) in [6.07, 6.45) is 8.14. The minimum absolute atomic E-state index is 0. The van der Waals surface area contributed by atoms with Crippen LogP contribution in [0.1, 0.15) is 68.9 Å². The number of aliphatic hydroxyl groups excluding tert-OH is 1. The van der Waals surface area contributed by atoms with E-state index in [2.05, 4.69) is 76.0 Å². The molecule has 2 fully saturated rings. The molecule has 0 saturated heterocycles. The normalized spacial score (nSPS) is 29.3. The first kappa shape index (κ1) is 36.8. The molecule has 6 nitrogen and oxygen atoms in total. The van der Waals surface area contributed by atoms with Crippen molar-refractivity contribution in [2.75, 3.05) is 34.4 Å². The molecule has 6 atom stereocenters. The molecular weight excluding hydrogens is 541 g/mol. The molecular formula is C32H58LiNO5Si2. The van der Waals surface area contributed by atoms with E-state index in [-0.39, 0.29) is 43.8 Å². The number of aliphatic hydroxyl groups is 1. The van der Waals surface area contributed by atoms with Gasteiger partial charge >= 0.3 is 18.9 Å². The van der Waals surface area contributed by atoms with Gasteiger partial charge in [0, 0.05) is 20.1 Å². The fourth-order valence-electron chi connectivity index (χ4n) is 8.03. The van der Waals surface area contributed by atoms with Crippen LogP contribution in [0.4, 0.5) is 0 Å². The van der Waals surface area contributed by atoms with E-state index in [4.69, 9.17) is 18.9 Å². The van der Waals surface area contributed by atoms with Crippen LogP contribution in [0.15, 0.2) is 29.8 Å². The molecule has 0 unspecified atom stereocenters. The second-order valence-electron chi connectivity index (χ2n) is 14.4. The topological polar surface area (TPSA) is 69.2 Å². The van der Waals surface area contributed by atoms with Crippen molar-refractivity contribution in [2.24, 2.45) is 17.3 Å². The summed E-state index contributed by atoms with van der Waals surface area (Å²) in [5.74, 6) is 3.06. The summed E-state index contributed by atoms with van der Waals surface area (Å²) in [7, 11) is 1.38. The number of allylic oxidation sites excluding steroid dienone is 1. The summed E-state index contributed by atoms with van der Waals surface area (Å²) in [5.41, 5.74) is 4.31. The number of hydrogen-bond acceptors (Lipinski definition) is 6. The Balaban J connectivity index is 0.000000511. The Hall–Kier alpha value is -0.409. The molecule has 4 rings (SSSR count). The molecule has 0 radical (unpaired) electrons. The van der Waals surface area contributed by atoms with Gasteiger partial charge in [0.05, 0.1) is 12.7 Å². The second-order valence-corrected chi connectivity index (χ2v) is 24.4. The number of nitrogens with one attached hydrogen (secondary N) is 1. The van der Waals surface area contributed by atoms with Crippen molar-refractivity contribution in [3.05, 3.63) is 41.0 Å². The van der Waals surface area contributed by atoms with Gasteiger partial charge in [-0.15, -0.1) is 0 Å². The van der Waals surface area contributed by atoms with Gasteiger partial charge in [-0.3, -0.25) is 0 Å². The Bertz CT molecular complexity index is 983. The van der Waals surface area contributed by atoms with Crippen molar-refractivity contribution in [1.82, 2.24) is 4.65 Å². The van der Waals surface area contributed by atoms with Crippen LogP contribution >= 0.6 is 0 Å². The zero-order valence-corrected chi connectivity index (χ0v) is 28.9. The maximum absolute atomic E-state index is 9.58. The number of benzene rings is 1. The first-order valence-corrected chi connectivity index (χ1v) is 22.2. The number of hydrogen-bond donors (Lipinski definition) is 2. The summed E-state index contributed by atoms with van der Waals surface area (Å²) >= 11 is 0. The van der Waals surface area contributed by atoms with Crippen LogP contribution in [0.3, 0.4) is 0 Å². The van der Waals surface area contributed by atoms with E-state index in [1.54, 1.807) is 14.2 Å². The minimum atomic E-state index is -0.981. The average molecular weight is 600 g/mol. The molecule has 2 saturated carbocycles. The van der Waals surface area contributed by atoms with Crippen LogP contribution < -0.4 is 9.38 Å². The van der Waals surface area contributed by atoms with E-state index < -0.39 is 16.5 Å². The number of methoxy groups -OCH3 is 2. The molecule has 0 aromatic heterocycles. The summed E-state index contributed by atoms with van der Waals surface area (Å²) < 4.78 is 26.0. The van der Waals surface area contributed by atoms with E-state index >= 15 is 0 Å². The summed E-state index contributed by atoms with van der Waals surface area (Å²) in [4.78, 5) is 0. The quantitative estimate of drug-likeness (QED) is 0.180. The molecule has 0 spiro atoms. The molecule has 0 aliphatic heterocycles. The standard InChI is InChI=1S/C26H38O5.C6H19NSi2.Li.H/c1-17(10-12-27)21-14-23-20(19-6-5-18(13-22(19)21)30-15-28-3)9-11-26(2)24(23)7-8-25(26)31-16-29-4;1-8(2,3)7-9(4,5)6;;/h5-6,10,13,20-21,23-25,27H,7-9,11-12,14-16H2,1-4H3;7H,1-6H3;;/t20-,21-,23-,24+,25+,26+;;;/m1.../s1. The van der Waals surface area contributed by atoms with Crippen LogP contribution in [-0.2, 0) is 14.2 Å². The fourth-order valence-corrected chi connectivity index (χ4v) is 17.0. The second kappa shape index (κ2) is 15.5. The Kier molecular flexibility index (Phi) is 13.9. The van der Waals surface area contributed by atoms with Crippen LogP contribution in [0.2, 0.25) is 39.3 Å². The van der Waals surface area contributed by atoms with Gasteiger partial charge in [0.15, 0.2) is 6.79 Å². The summed E-state index contributed by atoms with van der Waals surface area (Å²) in [6, 6.07) is 6.58. The molecule has 1 aromatic carbocycles. The van der Waals surface area contributed by atoms with Crippen molar-refractivity contribution < 1.29 is 24.1 Å². The first-order chi connectivity index (χ1) is 18.7. The Labute approximate surface area is 264 Å². The third-order valence-electron chi connectivity index (χ3n) is 9.13. The summed E-state index contributed by atoms with van der Waals surface area (Å²) in [5, 5.41) is 9.58. The third kappa shape index (κ3) is 9.54. The molecule has 0 amide bonds. The first-order valence-electron chi connectivity index (χ1n) is 15.2. The van der Waals surface area contributed by atoms with Gasteiger partial charge in [-0.2, -0.15) is 0 Å². The third-order valence-corrected chi connectivity index (χ3v) is 15.1. The molecule has 41 heavy (non-hydrogen) atoms. The Morgan fingerprint density at radius 2 is 1.66 bits per heavy atom. The molecule has 230 valence electrons. The SMILES string of the molecule is COCOc1ccc2c(c1)[C@@H](C(C)=CCO)C[C@@H]1[C@@H]2CC[C@]2(C)[C@@H](OCOC)CC[C@@H]12.C[Si](C)(C)N[Si](C)(C)C.[LiH]. The zero-order chi connectivity index (χ0) is 29.7. The van der Waals surface area contributed by atoms with Crippen molar-refractivity contribution in [3.8, 4) is 5.75 Å². The van der Waals surface area contributed by atoms with Crippen LogP contribution in [0.25, 0.3) is 0 Å². The molecule has 2 N–H and O–H groups in total. The van der Waals surface area contributed by atoms with Gasteiger partial charge in [-0.25, -0.2) is 0 Å². The average Bonchev–Trinajstić information content (AvgIpc) is 3.20. The van der Waals surface area contributed by atoms with E-state index in [1.807, 2.05) is 6.08 Å². The fraction of sp³-hybridized carbons (Fsp3) is 0.750. The van der Waals surface area contributed by atoms with Crippen molar-refractivity contribution >= 4 is 35.3 Å². The van der Waals surface area contributed by atoms with Gasteiger partial charge in [-0.05, 0) is 85.5 Å². The molecule has 0 heterocycles. The van der Waals surface area contributed by atoms with E-state index in [0.29, 0.717) is 30.5 Å². The van der Waals surface area contributed by atoms with Crippen LogP contribution in [-0.4, -0.2) is 81.0 Å². The number of fused-ring (bicyclic) bond motifs is 5. The summed E-state index contributed by atoms with van der Waals surface area (Å²) in [6.45, 7) is 19.4. The van der Waals surface area contributed by atoms with Crippen LogP contribution in [0.5, 0.6) is 5.75 Å². The molecule has 9 heteroatoms. The maximum atomic E-state index is 9.58. The van der Waals surface area contributed by atoms with Crippen molar-refractivity contribution in [3.63, 3.8) is 0 Å². The molecule has 3 aliphatic carbocycles. The zero-order valence-electron chi connectivity index (χ0n) is 26.9. The monoisotopic (exact) mass is 599 g/mol.